The predicted molar refractivity (Wildman–Crippen MR) is 222 cm³/mol. The summed E-state index contributed by atoms with van der Waals surface area (Å²) in [6.07, 6.45) is 44.3. The Hall–Kier alpha value is -2.03. The monoisotopic (exact) mass is 783 g/mol. The summed E-state index contributed by atoms with van der Waals surface area (Å²) in [6, 6.07) is 0. The van der Waals surface area contributed by atoms with Crippen LogP contribution in [0.2, 0.25) is 0 Å². The van der Waals surface area contributed by atoms with E-state index in [4.69, 9.17) is 19.3 Å². The first kappa shape index (κ1) is 52.0. The fourth-order valence-electron chi connectivity index (χ4n) is 5.92. The molecule has 0 saturated carbocycles. The number of carbonyl (C=O) groups excluding carboxylic acids is 2. The molecule has 0 radical (unpaired) electrons. The Bertz CT molecular complexity index is 1030. The molecule has 0 amide bonds. The van der Waals surface area contributed by atoms with E-state index in [1.807, 2.05) is 36.5 Å². The minimum atomic E-state index is -4.79. The van der Waals surface area contributed by atoms with Crippen molar-refractivity contribution in [2.75, 3.05) is 13.2 Å². The summed E-state index contributed by atoms with van der Waals surface area (Å²) >= 11 is 0. The van der Waals surface area contributed by atoms with Gasteiger partial charge in [-0.25, -0.2) is 4.57 Å². The van der Waals surface area contributed by atoms with Gasteiger partial charge in [0, 0.05) is 12.8 Å². The van der Waals surface area contributed by atoms with Crippen molar-refractivity contribution in [3.63, 3.8) is 0 Å². The lowest BCUT2D eigenvalue weighted by Gasteiger charge is -2.18. The van der Waals surface area contributed by atoms with Gasteiger partial charge in [-0.15, -0.1) is 0 Å². The molecular weight excluding hydrogens is 703 g/mol. The fourth-order valence-corrected chi connectivity index (χ4v) is 6.28. The smallest absolute Gasteiger partial charge is 0.462 e. The van der Waals surface area contributed by atoms with E-state index in [0.29, 0.717) is 32.1 Å². The fraction of sp³-hybridized carbons (Fsp3) is 0.773. The standard InChI is InChI=1S/C44H79O9P/c1-3-5-7-9-11-12-13-14-15-16-17-18-19-20-21-25-29-33-37-43(46)51-39-42(40-52-54(48,49)50)53-44(47)38-34-30-26-22-24-28-32-36-41(45)35-31-27-23-10-8-6-4-2/h22-23,26-28,31-32,35,41-42,45H,3-21,24-25,29-30,33-34,36-40H2,1-2H3,(H2,48,49,50)/b26-22+,27-23-,32-28-,35-31-/t41-,42+/m0/s1. The Morgan fingerprint density at radius 1 is 0.574 bits per heavy atom. The lowest BCUT2D eigenvalue weighted by Crippen LogP contribution is -2.29. The summed E-state index contributed by atoms with van der Waals surface area (Å²) in [5, 5.41) is 10.0. The molecule has 2 atom stereocenters. The summed E-state index contributed by atoms with van der Waals surface area (Å²) in [6.45, 7) is 3.55. The Kier molecular flexibility index (Phi) is 37.7. The van der Waals surface area contributed by atoms with Gasteiger partial charge in [0.05, 0.1) is 12.7 Å². The van der Waals surface area contributed by atoms with E-state index < -0.39 is 38.6 Å². The lowest BCUT2D eigenvalue weighted by molar-refractivity contribution is -0.161. The van der Waals surface area contributed by atoms with Crippen LogP contribution in [0.3, 0.4) is 0 Å². The van der Waals surface area contributed by atoms with Gasteiger partial charge in [0.15, 0.2) is 6.10 Å². The zero-order chi connectivity index (χ0) is 39.8. The highest BCUT2D eigenvalue weighted by Gasteiger charge is 2.22. The molecule has 9 nitrogen and oxygen atoms in total. The number of unbranched alkanes of at least 4 members (excludes halogenated alkanes) is 21. The Balaban J connectivity index is 4.04. The van der Waals surface area contributed by atoms with Crippen molar-refractivity contribution in [3.8, 4) is 0 Å². The van der Waals surface area contributed by atoms with Crippen LogP contribution >= 0.6 is 7.82 Å². The second kappa shape index (κ2) is 39.2. The number of hydrogen-bond acceptors (Lipinski definition) is 7. The molecule has 0 spiro atoms. The van der Waals surface area contributed by atoms with Gasteiger partial charge in [0.25, 0.3) is 0 Å². The molecule has 0 aliphatic heterocycles. The van der Waals surface area contributed by atoms with Gasteiger partial charge in [0.1, 0.15) is 6.61 Å². The van der Waals surface area contributed by atoms with Crippen LogP contribution in [0.4, 0.5) is 0 Å². The highest BCUT2D eigenvalue weighted by atomic mass is 31.2. The molecule has 0 aromatic carbocycles. The van der Waals surface area contributed by atoms with Gasteiger partial charge in [-0.1, -0.05) is 184 Å². The van der Waals surface area contributed by atoms with Gasteiger partial charge in [-0.3, -0.25) is 14.1 Å². The van der Waals surface area contributed by atoms with Crippen LogP contribution in [0.5, 0.6) is 0 Å². The third kappa shape index (κ3) is 41.1. The van der Waals surface area contributed by atoms with Crippen molar-refractivity contribution < 1.29 is 43.0 Å². The number of phosphoric acid groups is 1. The zero-order valence-corrected chi connectivity index (χ0v) is 35.1. The van der Waals surface area contributed by atoms with Crippen LogP contribution in [0.25, 0.3) is 0 Å². The van der Waals surface area contributed by atoms with Crippen LogP contribution in [0.1, 0.15) is 194 Å². The second-order valence-electron chi connectivity index (χ2n) is 14.5. The number of phosphoric ester groups is 1. The molecule has 54 heavy (non-hydrogen) atoms. The Labute approximate surface area is 329 Å². The molecule has 0 rings (SSSR count). The normalized spacial score (nSPS) is 13.5. The molecule has 10 heteroatoms. The van der Waals surface area contributed by atoms with E-state index in [2.05, 4.69) is 24.4 Å². The highest BCUT2D eigenvalue weighted by molar-refractivity contribution is 7.46. The van der Waals surface area contributed by atoms with Crippen molar-refractivity contribution >= 4 is 19.8 Å². The first-order chi connectivity index (χ1) is 26.2. The molecular formula is C44H79O9P. The van der Waals surface area contributed by atoms with E-state index in [9.17, 15) is 19.3 Å². The first-order valence-corrected chi connectivity index (χ1v) is 23.1. The summed E-state index contributed by atoms with van der Waals surface area (Å²) in [7, 11) is -4.79. The molecule has 0 saturated heterocycles. The molecule has 0 heterocycles. The summed E-state index contributed by atoms with van der Waals surface area (Å²) < 4.78 is 26.3. The number of carbonyl (C=O) groups is 2. The Morgan fingerprint density at radius 3 is 1.65 bits per heavy atom. The number of aliphatic hydroxyl groups is 1. The number of ether oxygens (including phenoxy) is 2. The largest absolute Gasteiger partial charge is 0.469 e. The third-order valence-electron chi connectivity index (χ3n) is 9.18. The zero-order valence-electron chi connectivity index (χ0n) is 34.2. The number of hydrogen-bond donors (Lipinski definition) is 3. The quantitative estimate of drug-likeness (QED) is 0.0183. The maximum atomic E-state index is 12.4. The van der Waals surface area contributed by atoms with E-state index in [-0.39, 0.29) is 19.4 Å². The highest BCUT2D eigenvalue weighted by Crippen LogP contribution is 2.36. The van der Waals surface area contributed by atoms with Gasteiger partial charge in [-0.05, 0) is 44.9 Å². The van der Waals surface area contributed by atoms with E-state index in [0.717, 1.165) is 19.3 Å². The van der Waals surface area contributed by atoms with Crippen molar-refractivity contribution in [1.29, 1.82) is 0 Å². The number of allylic oxidation sites excluding steroid dienone is 6. The molecule has 3 N–H and O–H groups in total. The maximum Gasteiger partial charge on any atom is 0.469 e. The lowest BCUT2D eigenvalue weighted by atomic mass is 10.0. The van der Waals surface area contributed by atoms with Gasteiger partial charge < -0.3 is 24.4 Å². The van der Waals surface area contributed by atoms with Crippen LogP contribution in [-0.4, -0.2) is 52.3 Å². The van der Waals surface area contributed by atoms with Crippen molar-refractivity contribution in [3.05, 3.63) is 48.6 Å². The first-order valence-electron chi connectivity index (χ1n) is 21.5. The summed E-state index contributed by atoms with van der Waals surface area (Å²) in [5.41, 5.74) is 0. The predicted octanol–water partition coefficient (Wildman–Crippen LogP) is 12.1. The molecule has 0 fully saturated rings. The average Bonchev–Trinajstić information content (AvgIpc) is 3.14. The summed E-state index contributed by atoms with van der Waals surface area (Å²) in [5.74, 6) is -0.987. The van der Waals surface area contributed by atoms with Gasteiger partial charge in [0.2, 0.25) is 0 Å². The molecule has 0 aromatic heterocycles. The topological polar surface area (TPSA) is 140 Å². The van der Waals surface area contributed by atoms with Gasteiger partial charge in [-0.2, -0.15) is 0 Å². The molecule has 0 bridgehead atoms. The van der Waals surface area contributed by atoms with E-state index in [1.165, 1.54) is 116 Å². The maximum absolute atomic E-state index is 12.4. The van der Waals surface area contributed by atoms with Crippen LogP contribution in [0, 0.1) is 0 Å². The van der Waals surface area contributed by atoms with Crippen LogP contribution in [0.15, 0.2) is 48.6 Å². The molecule has 0 aromatic rings. The Morgan fingerprint density at radius 2 is 1.07 bits per heavy atom. The minimum Gasteiger partial charge on any atom is -0.462 e. The second-order valence-corrected chi connectivity index (χ2v) is 15.8. The summed E-state index contributed by atoms with van der Waals surface area (Å²) in [4.78, 5) is 42.8. The van der Waals surface area contributed by atoms with E-state index in [1.54, 1.807) is 6.08 Å². The third-order valence-corrected chi connectivity index (χ3v) is 9.67. The molecule has 314 valence electrons. The van der Waals surface area contributed by atoms with Crippen molar-refractivity contribution in [1.82, 2.24) is 0 Å². The van der Waals surface area contributed by atoms with E-state index >= 15 is 0 Å². The van der Waals surface area contributed by atoms with Crippen LogP contribution < -0.4 is 0 Å². The number of esters is 2. The number of aliphatic hydroxyl groups excluding tert-OH is 1. The molecule has 0 aliphatic rings. The number of rotatable bonds is 39. The SMILES string of the molecule is CCCCC/C=C\C=C/[C@H](O)C/C=C\C/C=C/CCCC(=O)O[C@H](COC(=O)CCCCCCCCCCCCCCCCCCCC)COP(=O)(O)O. The molecule has 0 unspecified atom stereocenters. The van der Waals surface area contributed by atoms with Gasteiger partial charge >= 0.3 is 19.8 Å². The average molecular weight is 783 g/mol. The molecule has 0 aliphatic carbocycles. The van der Waals surface area contributed by atoms with Crippen molar-refractivity contribution in [2.45, 2.75) is 206 Å². The van der Waals surface area contributed by atoms with Crippen LogP contribution in [-0.2, 0) is 28.2 Å². The van der Waals surface area contributed by atoms with Crippen molar-refractivity contribution in [2.24, 2.45) is 0 Å². The minimum absolute atomic E-state index is 0.103.